The van der Waals surface area contributed by atoms with E-state index in [9.17, 15) is 0 Å². The molecule has 10 rings (SSSR count). The lowest BCUT2D eigenvalue weighted by atomic mass is 10.00. The van der Waals surface area contributed by atoms with Crippen LogP contribution in [0, 0.1) is 0 Å². The molecule has 51 heavy (non-hydrogen) atoms. The predicted octanol–water partition coefficient (Wildman–Crippen LogP) is 11.9. The van der Waals surface area contributed by atoms with Crippen LogP contribution >= 0.6 is 0 Å². The standard InChI is InChI=1S/C47H30N4/c1-3-14-31(15-4-1)32-26-28-34(29-27-32)46-48-45(33-16-5-2-6-17-33)49-47(50-46)40-23-13-25-42-44(40)39-22-11-12-24-41(39)51(42)43-30-35-18-7-8-19-36(35)37-20-9-10-21-38(37)43/h1-30H. The molecule has 0 bridgehead atoms. The minimum Gasteiger partial charge on any atom is -0.309 e. The molecule has 0 amide bonds. The zero-order valence-corrected chi connectivity index (χ0v) is 27.6. The minimum absolute atomic E-state index is 0.639. The monoisotopic (exact) mass is 650 g/mol. The summed E-state index contributed by atoms with van der Waals surface area (Å²) in [5, 5.41) is 7.16. The molecule has 0 radical (unpaired) electrons. The average Bonchev–Trinajstić information content (AvgIpc) is 3.55. The van der Waals surface area contributed by atoms with Gasteiger partial charge in [0.1, 0.15) is 0 Å². The molecule has 0 N–H and O–H groups in total. The maximum Gasteiger partial charge on any atom is 0.164 e. The summed E-state index contributed by atoms with van der Waals surface area (Å²) in [6, 6.07) is 63.9. The van der Waals surface area contributed by atoms with Crippen LogP contribution in [-0.2, 0) is 0 Å². The van der Waals surface area contributed by atoms with Gasteiger partial charge in [-0.05, 0) is 45.5 Å². The van der Waals surface area contributed by atoms with Crippen molar-refractivity contribution in [3.63, 3.8) is 0 Å². The van der Waals surface area contributed by atoms with Crippen LogP contribution in [-0.4, -0.2) is 19.5 Å². The van der Waals surface area contributed by atoms with Gasteiger partial charge in [-0.15, -0.1) is 0 Å². The van der Waals surface area contributed by atoms with Crippen molar-refractivity contribution in [2.75, 3.05) is 0 Å². The summed E-state index contributed by atoms with van der Waals surface area (Å²) in [4.78, 5) is 15.4. The highest BCUT2D eigenvalue weighted by atomic mass is 15.0. The second-order valence-corrected chi connectivity index (χ2v) is 12.8. The van der Waals surface area contributed by atoms with E-state index in [2.05, 4.69) is 162 Å². The first-order valence-corrected chi connectivity index (χ1v) is 17.2. The quantitative estimate of drug-likeness (QED) is 0.174. The second kappa shape index (κ2) is 11.9. The Labute approximate surface area is 295 Å². The van der Waals surface area contributed by atoms with Gasteiger partial charge < -0.3 is 4.57 Å². The molecule has 4 nitrogen and oxygen atoms in total. The van der Waals surface area contributed by atoms with Crippen molar-refractivity contribution < 1.29 is 0 Å². The molecule has 0 spiro atoms. The Balaban J connectivity index is 1.22. The van der Waals surface area contributed by atoms with Crippen molar-refractivity contribution in [3.05, 3.63) is 182 Å². The third kappa shape index (κ3) is 4.88. The maximum atomic E-state index is 5.20. The van der Waals surface area contributed by atoms with Gasteiger partial charge in [-0.3, -0.25) is 0 Å². The van der Waals surface area contributed by atoms with E-state index in [1.807, 2.05) is 24.3 Å². The summed E-state index contributed by atoms with van der Waals surface area (Å²) in [6.07, 6.45) is 0. The molecular weight excluding hydrogens is 621 g/mol. The van der Waals surface area contributed by atoms with Crippen molar-refractivity contribution in [2.24, 2.45) is 0 Å². The van der Waals surface area contributed by atoms with Crippen LogP contribution < -0.4 is 0 Å². The first kappa shape index (κ1) is 29.0. The Morgan fingerprint density at radius 3 is 1.59 bits per heavy atom. The van der Waals surface area contributed by atoms with Crippen LogP contribution in [0.15, 0.2) is 182 Å². The summed E-state index contributed by atoms with van der Waals surface area (Å²) in [6.45, 7) is 0. The zero-order chi connectivity index (χ0) is 33.7. The summed E-state index contributed by atoms with van der Waals surface area (Å²) < 4.78 is 2.41. The van der Waals surface area contributed by atoms with Crippen molar-refractivity contribution in [1.82, 2.24) is 19.5 Å². The van der Waals surface area contributed by atoms with Gasteiger partial charge in [0, 0.05) is 32.8 Å². The smallest absolute Gasteiger partial charge is 0.164 e. The predicted molar refractivity (Wildman–Crippen MR) is 211 cm³/mol. The molecule has 0 fully saturated rings. The van der Waals surface area contributed by atoms with Crippen molar-refractivity contribution in [3.8, 4) is 51.0 Å². The molecule has 2 aromatic heterocycles. The number of rotatable bonds is 5. The number of hydrogen-bond donors (Lipinski definition) is 0. The van der Waals surface area contributed by atoms with Crippen molar-refractivity contribution in [2.45, 2.75) is 0 Å². The molecule has 8 aromatic carbocycles. The Hall–Kier alpha value is -6.91. The van der Waals surface area contributed by atoms with Gasteiger partial charge in [0.05, 0.1) is 16.7 Å². The van der Waals surface area contributed by atoms with E-state index in [4.69, 9.17) is 15.0 Å². The Bertz CT molecular complexity index is 2890. The van der Waals surface area contributed by atoms with Gasteiger partial charge in [0.15, 0.2) is 17.5 Å². The van der Waals surface area contributed by atoms with E-state index >= 15 is 0 Å². The molecule has 2 heterocycles. The van der Waals surface area contributed by atoms with Crippen molar-refractivity contribution >= 4 is 43.4 Å². The molecule has 0 atom stereocenters. The highest BCUT2D eigenvalue weighted by molar-refractivity contribution is 6.18. The highest BCUT2D eigenvalue weighted by Crippen LogP contribution is 2.41. The SMILES string of the molecule is c1ccc(-c2ccc(-c3nc(-c4ccccc4)nc(-c4cccc5c4c4ccccc4n5-c4cc5ccccc5c5ccccc45)n3)cc2)cc1. The fraction of sp³-hybridized carbons (Fsp3) is 0. The second-order valence-electron chi connectivity index (χ2n) is 12.8. The normalized spacial score (nSPS) is 11.5. The Morgan fingerprint density at radius 2 is 0.843 bits per heavy atom. The van der Waals surface area contributed by atoms with E-state index < -0.39 is 0 Å². The van der Waals surface area contributed by atoms with E-state index in [-0.39, 0.29) is 0 Å². The van der Waals surface area contributed by atoms with Crippen LogP contribution in [0.25, 0.3) is 94.3 Å². The average molecular weight is 651 g/mol. The molecule has 0 saturated heterocycles. The lowest BCUT2D eigenvalue weighted by Crippen LogP contribution is -2.00. The third-order valence-electron chi connectivity index (χ3n) is 9.84. The minimum atomic E-state index is 0.639. The lowest BCUT2D eigenvalue weighted by Gasteiger charge is -2.14. The van der Waals surface area contributed by atoms with Gasteiger partial charge in [-0.25, -0.2) is 15.0 Å². The summed E-state index contributed by atoms with van der Waals surface area (Å²) in [7, 11) is 0. The molecule has 0 aliphatic carbocycles. The topological polar surface area (TPSA) is 43.6 Å². The maximum absolute atomic E-state index is 5.20. The van der Waals surface area contributed by atoms with Crippen LogP contribution in [0.1, 0.15) is 0 Å². The number of aromatic nitrogens is 4. The van der Waals surface area contributed by atoms with E-state index in [0.29, 0.717) is 17.5 Å². The van der Waals surface area contributed by atoms with Crippen LogP contribution in [0.5, 0.6) is 0 Å². The number of nitrogens with zero attached hydrogens (tertiary/aromatic N) is 4. The molecule has 10 aromatic rings. The molecule has 238 valence electrons. The van der Waals surface area contributed by atoms with Gasteiger partial charge >= 0.3 is 0 Å². The fourth-order valence-corrected chi connectivity index (χ4v) is 7.47. The number of benzene rings is 8. The number of hydrogen-bond acceptors (Lipinski definition) is 3. The number of para-hydroxylation sites is 1. The van der Waals surface area contributed by atoms with Gasteiger partial charge in [0.2, 0.25) is 0 Å². The number of fused-ring (bicyclic) bond motifs is 6. The largest absolute Gasteiger partial charge is 0.309 e. The van der Waals surface area contributed by atoms with E-state index in [1.165, 1.54) is 27.1 Å². The summed E-state index contributed by atoms with van der Waals surface area (Å²) >= 11 is 0. The van der Waals surface area contributed by atoms with Crippen LogP contribution in [0.3, 0.4) is 0 Å². The molecular formula is C47H30N4. The van der Waals surface area contributed by atoms with Crippen molar-refractivity contribution in [1.29, 1.82) is 0 Å². The summed E-state index contributed by atoms with van der Waals surface area (Å²) in [5.41, 5.74) is 8.55. The Morgan fingerprint density at radius 1 is 0.333 bits per heavy atom. The van der Waals surface area contributed by atoms with Gasteiger partial charge in [-0.1, -0.05) is 164 Å². The molecule has 0 saturated carbocycles. The molecule has 0 aliphatic rings. The lowest BCUT2D eigenvalue weighted by molar-refractivity contribution is 1.08. The molecule has 0 aliphatic heterocycles. The first-order chi connectivity index (χ1) is 25.3. The highest BCUT2D eigenvalue weighted by Gasteiger charge is 2.21. The Kier molecular flexibility index (Phi) is 6.78. The fourth-order valence-electron chi connectivity index (χ4n) is 7.47. The first-order valence-electron chi connectivity index (χ1n) is 17.2. The third-order valence-corrected chi connectivity index (χ3v) is 9.84. The van der Waals surface area contributed by atoms with Gasteiger partial charge in [-0.2, -0.15) is 0 Å². The molecule has 4 heteroatoms. The summed E-state index contributed by atoms with van der Waals surface area (Å²) in [5.74, 6) is 1.92. The van der Waals surface area contributed by atoms with E-state index in [0.717, 1.165) is 49.7 Å². The van der Waals surface area contributed by atoms with Crippen LogP contribution in [0.2, 0.25) is 0 Å². The zero-order valence-electron chi connectivity index (χ0n) is 27.6. The van der Waals surface area contributed by atoms with Gasteiger partial charge in [0.25, 0.3) is 0 Å². The van der Waals surface area contributed by atoms with Crippen LogP contribution in [0.4, 0.5) is 0 Å². The molecule has 0 unspecified atom stereocenters. The van der Waals surface area contributed by atoms with E-state index in [1.54, 1.807) is 0 Å².